The molecule has 0 aliphatic heterocycles. The van der Waals surface area contributed by atoms with Crippen molar-refractivity contribution in [2.24, 2.45) is 5.92 Å². The summed E-state index contributed by atoms with van der Waals surface area (Å²) in [5.74, 6) is -0.208. The molecular weight excluding hydrogens is 310 g/mol. The molecule has 1 amide bonds. The molecule has 0 spiro atoms. The monoisotopic (exact) mass is 339 g/mol. The largest absolute Gasteiger partial charge is 0.467 e. The van der Waals surface area contributed by atoms with Crippen LogP contribution >= 0.6 is 0 Å². The van der Waals surface area contributed by atoms with Crippen LogP contribution in [-0.2, 0) is 14.3 Å². The highest BCUT2D eigenvalue weighted by Crippen LogP contribution is 2.39. The summed E-state index contributed by atoms with van der Waals surface area (Å²) in [6.45, 7) is 8.04. The highest BCUT2D eigenvalue weighted by molar-refractivity contribution is 5.87. The molecule has 0 aromatic carbocycles. The third kappa shape index (κ3) is 5.68. The molecule has 1 aliphatic rings. The first-order chi connectivity index (χ1) is 11.2. The van der Waals surface area contributed by atoms with E-state index in [-0.39, 0.29) is 12.0 Å². The third-order valence-electron chi connectivity index (χ3n) is 4.12. The topological polar surface area (TPSA) is 100 Å². The Labute approximate surface area is 144 Å². The number of ether oxygens (including phenoxy) is 2. The first kappa shape index (κ1) is 20.2. The van der Waals surface area contributed by atoms with Crippen LogP contribution in [0.5, 0.6) is 0 Å². The zero-order valence-electron chi connectivity index (χ0n) is 15.3. The van der Waals surface area contributed by atoms with Crippen molar-refractivity contribution in [3.8, 4) is 6.07 Å². The van der Waals surface area contributed by atoms with Gasteiger partial charge < -0.3 is 20.1 Å². The standard InChI is InChI=1S/C17H29N3O4/c1-6-13(7-8-18)19-11-12-9-17(10-12,14(21)23-5)20-15(22)24-16(2,3)4/h12-13,19H,6-7,9-11H2,1-5H3,(H,20,22). The van der Waals surface area contributed by atoms with E-state index in [9.17, 15) is 9.59 Å². The molecular formula is C17H29N3O4. The number of nitrogens with zero attached hydrogens (tertiary/aromatic N) is 1. The summed E-state index contributed by atoms with van der Waals surface area (Å²) in [4.78, 5) is 24.1. The van der Waals surface area contributed by atoms with Gasteiger partial charge in [0.1, 0.15) is 11.1 Å². The number of carbonyl (C=O) groups is 2. The maximum Gasteiger partial charge on any atom is 0.408 e. The van der Waals surface area contributed by atoms with Crippen LogP contribution in [0.2, 0.25) is 0 Å². The number of carbonyl (C=O) groups excluding carboxylic acids is 2. The van der Waals surface area contributed by atoms with Crippen molar-refractivity contribution in [2.75, 3.05) is 13.7 Å². The quantitative estimate of drug-likeness (QED) is 0.689. The van der Waals surface area contributed by atoms with E-state index in [4.69, 9.17) is 14.7 Å². The van der Waals surface area contributed by atoms with Gasteiger partial charge in [0.25, 0.3) is 0 Å². The molecule has 7 heteroatoms. The minimum Gasteiger partial charge on any atom is -0.467 e. The van der Waals surface area contributed by atoms with Crippen molar-refractivity contribution in [3.05, 3.63) is 0 Å². The highest BCUT2D eigenvalue weighted by Gasteiger charge is 2.52. The Morgan fingerprint density at radius 1 is 1.38 bits per heavy atom. The van der Waals surface area contributed by atoms with Gasteiger partial charge in [-0.05, 0) is 52.5 Å². The maximum absolute atomic E-state index is 12.1. The first-order valence-electron chi connectivity index (χ1n) is 8.35. The molecule has 1 aliphatic carbocycles. The van der Waals surface area contributed by atoms with Gasteiger partial charge in [-0.2, -0.15) is 5.26 Å². The van der Waals surface area contributed by atoms with Gasteiger partial charge in [0.2, 0.25) is 0 Å². The van der Waals surface area contributed by atoms with Crippen LogP contribution in [0.15, 0.2) is 0 Å². The van der Waals surface area contributed by atoms with Crippen LogP contribution in [0.3, 0.4) is 0 Å². The number of amides is 1. The van der Waals surface area contributed by atoms with Gasteiger partial charge in [-0.3, -0.25) is 0 Å². The lowest BCUT2D eigenvalue weighted by Crippen LogP contribution is -2.64. The molecule has 2 N–H and O–H groups in total. The van der Waals surface area contributed by atoms with Crippen LogP contribution in [0, 0.1) is 17.2 Å². The smallest absolute Gasteiger partial charge is 0.408 e. The summed E-state index contributed by atoms with van der Waals surface area (Å²) in [7, 11) is 1.31. The van der Waals surface area contributed by atoms with E-state index < -0.39 is 23.2 Å². The van der Waals surface area contributed by atoms with Crippen LogP contribution in [-0.4, -0.2) is 42.9 Å². The van der Waals surface area contributed by atoms with Crippen molar-refractivity contribution in [1.82, 2.24) is 10.6 Å². The van der Waals surface area contributed by atoms with Crippen molar-refractivity contribution in [2.45, 2.75) is 70.6 Å². The predicted octanol–water partition coefficient (Wildman–Crippen LogP) is 2.11. The molecule has 1 atom stereocenters. The average Bonchev–Trinajstić information content (AvgIpc) is 2.45. The molecule has 0 aromatic heterocycles. The minimum atomic E-state index is -1.01. The molecule has 0 heterocycles. The van der Waals surface area contributed by atoms with E-state index in [1.54, 1.807) is 20.8 Å². The van der Waals surface area contributed by atoms with Gasteiger partial charge in [0, 0.05) is 6.04 Å². The Morgan fingerprint density at radius 2 is 2.00 bits per heavy atom. The number of alkyl carbamates (subject to hydrolysis) is 1. The fourth-order valence-electron chi connectivity index (χ4n) is 2.89. The molecule has 1 fully saturated rings. The number of methoxy groups -OCH3 is 1. The number of rotatable bonds is 7. The molecule has 1 rings (SSSR count). The second-order valence-electron chi connectivity index (χ2n) is 7.35. The summed E-state index contributed by atoms with van der Waals surface area (Å²) in [5.41, 5.74) is -1.64. The Morgan fingerprint density at radius 3 is 2.46 bits per heavy atom. The SMILES string of the molecule is CCC(CC#N)NCC1CC(NC(=O)OC(C)(C)C)(C(=O)OC)C1. The molecule has 1 unspecified atom stereocenters. The van der Waals surface area contributed by atoms with Crippen LogP contribution in [0.1, 0.15) is 53.4 Å². The van der Waals surface area contributed by atoms with Crippen molar-refractivity contribution < 1.29 is 19.1 Å². The summed E-state index contributed by atoms with van der Waals surface area (Å²) in [6.07, 6.45) is 1.71. The van der Waals surface area contributed by atoms with E-state index in [0.29, 0.717) is 25.8 Å². The van der Waals surface area contributed by atoms with Crippen LogP contribution in [0.25, 0.3) is 0 Å². The van der Waals surface area contributed by atoms with E-state index in [1.165, 1.54) is 7.11 Å². The molecule has 24 heavy (non-hydrogen) atoms. The first-order valence-corrected chi connectivity index (χ1v) is 8.35. The second-order valence-corrected chi connectivity index (χ2v) is 7.35. The van der Waals surface area contributed by atoms with Gasteiger partial charge in [-0.15, -0.1) is 0 Å². The van der Waals surface area contributed by atoms with E-state index in [1.807, 2.05) is 6.92 Å². The Balaban J connectivity index is 2.57. The predicted molar refractivity (Wildman–Crippen MR) is 89.2 cm³/mol. The highest BCUT2D eigenvalue weighted by atomic mass is 16.6. The van der Waals surface area contributed by atoms with Gasteiger partial charge in [0.05, 0.1) is 19.6 Å². The molecule has 0 aromatic rings. The normalized spacial score (nSPS) is 24.2. The molecule has 0 bridgehead atoms. The lowest BCUT2D eigenvalue weighted by atomic mass is 9.68. The summed E-state index contributed by atoms with van der Waals surface area (Å²) in [5, 5.41) is 14.8. The van der Waals surface area contributed by atoms with Crippen LogP contribution < -0.4 is 10.6 Å². The number of esters is 1. The zero-order valence-corrected chi connectivity index (χ0v) is 15.3. The van der Waals surface area contributed by atoms with Crippen LogP contribution in [0.4, 0.5) is 4.79 Å². The van der Waals surface area contributed by atoms with Gasteiger partial charge in [-0.1, -0.05) is 6.92 Å². The minimum absolute atomic E-state index is 0.155. The Hall–Kier alpha value is -1.81. The summed E-state index contributed by atoms with van der Waals surface area (Å²) >= 11 is 0. The number of nitrogens with one attached hydrogen (secondary N) is 2. The fourth-order valence-corrected chi connectivity index (χ4v) is 2.89. The van der Waals surface area contributed by atoms with Crippen molar-refractivity contribution in [1.29, 1.82) is 5.26 Å². The van der Waals surface area contributed by atoms with Crippen molar-refractivity contribution >= 4 is 12.1 Å². The fraction of sp³-hybridized carbons (Fsp3) is 0.824. The summed E-state index contributed by atoms with van der Waals surface area (Å²) in [6, 6.07) is 2.31. The number of hydrogen-bond donors (Lipinski definition) is 2. The maximum atomic E-state index is 12.1. The number of nitriles is 1. The lowest BCUT2D eigenvalue weighted by Gasteiger charge is -2.45. The molecule has 0 radical (unpaired) electrons. The van der Waals surface area contributed by atoms with E-state index in [0.717, 1.165) is 6.42 Å². The molecule has 0 saturated heterocycles. The molecule has 1 saturated carbocycles. The van der Waals surface area contributed by atoms with Gasteiger partial charge >= 0.3 is 12.1 Å². The average molecular weight is 339 g/mol. The molecule has 7 nitrogen and oxygen atoms in total. The summed E-state index contributed by atoms with van der Waals surface area (Å²) < 4.78 is 10.1. The van der Waals surface area contributed by atoms with Gasteiger partial charge in [-0.25, -0.2) is 9.59 Å². The number of hydrogen-bond acceptors (Lipinski definition) is 6. The Bertz CT molecular complexity index is 487. The molecule has 136 valence electrons. The zero-order chi connectivity index (χ0) is 18.4. The van der Waals surface area contributed by atoms with Gasteiger partial charge in [0.15, 0.2) is 0 Å². The van der Waals surface area contributed by atoms with E-state index >= 15 is 0 Å². The third-order valence-corrected chi connectivity index (χ3v) is 4.12. The lowest BCUT2D eigenvalue weighted by molar-refractivity contribution is -0.155. The van der Waals surface area contributed by atoms with E-state index in [2.05, 4.69) is 16.7 Å². The Kier molecular flexibility index (Phi) is 7.03. The van der Waals surface area contributed by atoms with Crippen molar-refractivity contribution in [3.63, 3.8) is 0 Å². The second kappa shape index (κ2) is 8.34.